The third kappa shape index (κ3) is 3.83. The van der Waals surface area contributed by atoms with Gasteiger partial charge in [-0.25, -0.2) is 5.14 Å². The molecule has 2 atom stereocenters. The van der Waals surface area contributed by atoms with Crippen LogP contribution in [0, 0.1) is 5.92 Å². The zero-order chi connectivity index (χ0) is 16.3. The predicted molar refractivity (Wildman–Crippen MR) is 83.8 cm³/mol. The van der Waals surface area contributed by atoms with Gasteiger partial charge in [-0.15, -0.1) is 0 Å². The molecule has 2 rings (SSSR count). The van der Waals surface area contributed by atoms with Crippen molar-refractivity contribution < 1.29 is 13.2 Å². The first-order valence-corrected chi connectivity index (χ1v) is 8.68. The van der Waals surface area contributed by atoms with Gasteiger partial charge in [-0.2, -0.15) is 12.7 Å². The minimum atomic E-state index is -3.68. The van der Waals surface area contributed by atoms with Crippen LogP contribution < -0.4 is 10.9 Å². The number of nitrogens with two attached hydrogens (primary N) is 2. The summed E-state index contributed by atoms with van der Waals surface area (Å²) in [5.74, 6) is -0.436. The Hall–Kier alpha value is -1.48. The van der Waals surface area contributed by atoms with E-state index in [-0.39, 0.29) is 31.0 Å². The molecule has 1 aromatic carbocycles. The van der Waals surface area contributed by atoms with Gasteiger partial charge in [0.15, 0.2) is 0 Å². The lowest BCUT2D eigenvalue weighted by Gasteiger charge is -2.35. The Bertz CT molecular complexity index is 612. The Balaban J connectivity index is 1.98. The molecule has 0 radical (unpaired) electrons. The monoisotopic (exact) mass is 326 g/mol. The normalized spacial score (nSPS) is 19.7. The smallest absolute Gasteiger partial charge is 0.277 e. The second kappa shape index (κ2) is 6.74. The number of carbonyl (C=O) groups is 1. The van der Waals surface area contributed by atoms with E-state index < -0.39 is 10.2 Å². The van der Waals surface area contributed by atoms with Crippen molar-refractivity contribution in [2.24, 2.45) is 16.8 Å². The fourth-order valence-electron chi connectivity index (χ4n) is 2.57. The molecule has 7 nitrogen and oxygen atoms in total. The molecule has 1 aliphatic rings. The van der Waals surface area contributed by atoms with Crippen LogP contribution in [-0.4, -0.2) is 49.7 Å². The van der Waals surface area contributed by atoms with Gasteiger partial charge in [0.2, 0.25) is 5.91 Å². The van der Waals surface area contributed by atoms with E-state index in [1.807, 2.05) is 30.3 Å². The Morgan fingerprint density at radius 3 is 2.18 bits per heavy atom. The second-order valence-corrected chi connectivity index (χ2v) is 7.04. The van der Waals surface area contributed by atoms with Crippen LogP contribution in [0.15, 0.2) is 30.3 Å². The number of hydrogen-bond donors (Lipinski definition) is 2. The Kier molecular flexibility index (Phi) is 5.17. The largest absolute Gasteiger partial charge is 0.340 e. The number of hydrogen-bond acceptors (Lipinski definition) is 4. The highest BCUT2D eigenvalue weighted by Crippen LogP contribution is 2.21. The molecule has 0 saturated carbocycles. The van der Waals surface area contributed by atoms with Crippen molar-refractivity contribution in [1.82, 2.24) is 9.21 Å². The second-order valence-electron chi connectivity index (χ2n) is 5.49. The van der Waals surface area contributed by atoms with Crippen LogP contribution in [0.4, 0.5) is 0 Å². The van der Waals surface area contributed by atoms with Gasteiger partial charge in [0, 0.05) is 32.2 Å². The minimum Gasteiger partial charge on any atom is -0.340 e. The molecule has 0 spiro atoms. The highest BCUT2D eigenvalue weighted by molar-refractivity contribution is 7.86. The maximum absolute atomic E-state index is 12.5. The molecule has 22 heavy (non-hydrogen) atoms. The first-order chi connectivity index (χ1) is 10.3. The van der Waals surface area contributed by atoms with Crippen LogP contribution in [-0.2, 0) is 15.0 Å². The number of benzene rings is 1. The molecule has 0 aliphatic carbocycles. The van der Waals surface area contributed by atoms with E-state index in [2.05, 4.69) is 0 Å². The molecule has 0 aromatic heterocycles. The van der Waals surface area contributed by atoms with Crippen molar-refractivity contribution in [1.29, 1.82) is 0 Å². The van der Waals surface area contributed by atoms with Gasteiger partial charge in [-0.3, -0.25) is 4.79 Å². The number of nitrogens with zero attached hydrogens (tertiary/aromatic N) is 2. The van der Waals surface area contributed by atoms with E-state index >= 15 is 0 Å². The fraction of sp³-hybridized carbons (Fsp3) is 0.500. The summed E-state index contributed by atoms with van der Waals surface area (Å²) in [6.07, 6.45) is 0. The minimum absolute atomic E-state index is 0.0644. The summed E-state index contributed by atoms with van der Waals surface area (Å²) in [7, 11) is -3.68. The number of amides is 1. The molecule has 1 aliphatic heterocycles. The maximum atomic E-state index is 12.5. The van der Waals surface area contributed by atoms with Crippen molar-refractivity contribution in [3.8, 4) is 0 Å². The average Bonchev–Trinajstić information content (AvgIpc) is 2.53. The summed E-state index contributed by atoms with van der Waals surface area (Å²) < 4.78 is 23.7. The van der Waals surface area contributed by atoms with Crippen LogP contribution in [0.2, 0.25) is 0 Å². The van der Waals surface area contributed by atoms with Gasteiger partial charge >= 0.3 is 0 Å². The van der Waals surface area contributed by atoms with Crippen molar-refractivity contribution in [3.05, 3.63) is 35.9 Å². The van der Waals surface area contributed by atoms with E-state index in [1.54, 1.807) is 11.8 Å². The first kappa shape index (κ1) is 16.9. The van der Waals surface area contributed by atoms with Crippen molar-refractivity contribution >= 4 is 16.1 Å². The van der Waals surface area contributed by atoms with Crippen molar-refractivity contribution in [2.75, 3.05) is 26.2 Å². The molecule has 1 heterocycles. The third-order valence-corrected chi connectivity index (χ3v) is 5.11. The highest BCUT2D eigenvalue weighted by Gasteiger charge is 2.31. The molecular formula is C14H22N4O3S. The van der Waals surface area contributed by atoms with E-state index in [0.717, 1.165) is 5.56 Å². The van der Waals surface area contributed by atoms with E-state index in [9.17, 15) is 13.2 Å². The molecule has 4 N–H and O–H groups in total. The first-order valence-electron chi connectivity index (χ1n) is 7.18. The summed E-state index contributed by atoms with van der Waals surface area (Å²) in [6, 6.07) is 9.08. The zero-order valence-corrected chi connectivity index (χ0v) is 13.4. The van der Waals surface area contributed by atoms with E-state index in [1.165, 1.54) is 4.31 Å². The molecule has 122 valence electrons. The van der Waals surface area contributed by atoms with Crippen molar-refractivity contribution in [2.45, 2.75) is 13.0 Å². The fourth-order valence-corrected chi connectivity index (χ4v) is 3.24. The molecule has 1 fully saturated rings. The summed E-state index contributed by atoms with van der Waals surface area (Å²) >= 11 is 0. The van der Waals surface area contributed by atoms with E-state index in [4.69, 9.17) is 10.9 Å². The summed E-state index contributed by atoms with van der Waals surface area (Å²) in [5, 5.41) is 5.09. The lowest BCUT2D eigenvalue weighted by molar-refractivity contribution is -0.136. The topological polar surface area (TPSA) is 110 Å². The van der Waals surface area contributed by atoms with E-state index in [0.29, 0.717) is 13.1 Å². The molecule has 1 amide bonds. The number of rotatable bonds is 4. The lowest BCUT2D eigenvalue weighted by Crippen LogP contribution is -2.53. The van der Waals surface area contributed by atoms with Gasteiger partial charge in [0.1, 0.15) is 0 Å². The summed E-state index contributed by atoms with van der Waals surface area (Å²) in [4.78, 5) is 14.2. The molecule has 0 bridgehead atoms. The van der Waals surface area contributed by atoms with Gasteiger partial charge in [0.25, 0.3) is 10.2 Å². The van der Waals surface area contributed by atoms with Crippen molar-refractivity contribution in [3.63, 3.8) is 0 Å². The molecule has 1 saturated heterocycles. The quantitative estimate of drug-likeness (QED) is 0.789. The average molecular weight is 326 g/mol. The standard InChI is InChI=1S/C14H22N4O3S/c1-11(13(15)12-5-3-2-4-6-12)14(19)17-7-9-18(10-8-17)22(16,20)21/h2-6,11,13H,7-10,15H2,1H3,(H2,16,20,21). The van der Waals surface area contributed by atoms with Crippen LogP contribution in [0.5, 0.6) is 0 Å². The Morgan fingerprint density at radius 2 is 1.68 bits per heavy atom. The van der Waals surface area contributed by atoms with Gasteiger partial charge in [-0.05, 0) is 5.56 Å². The molecule has 1 aromatic rings. The Morgan fingerprint density at radius 1 is 1.14 bits per heavy atom. The highest BCUT2D eigenvalue weighted by atomic mass is 32.2. The summed E-state index contributed by atoms with van der Waals surface area (Å²) in [5.41, 5.74) is 7.08. The number of carbonyl (C=O) groups excluding carboxylic acids is 1. The van der Waals surface area contributed by atoms with Gasteiger partial charge in [0.05, 0.1) is 5.92 Å². The van der Waals surface area contributed by atoms with Gasteiger partial charge < -0.3 is 10.6 Å². The zero-order valence-electron chi connectivity index (χ0n) is 12.6. The number of piperazine rings is 1. The predicted octanol–water partition coefficient (Wildman–Crippen LogP) is -0.330. The lowest BCUT2D eigenvalue weighted by atomic mass is 9.94. The summed E-state index contributed by atoms with van der Waals surface area (Å²) in [6.45, 7) is 2.91. The van der Waals surface area contributed by atoms with Crippen LogP contribution in [0.1, 0.15) is 18.5 Å². The molecular weight excluding hydrogens is 304 g/mol. The van der Waals surface area contributed by atoms with Crippen LogP contribution in [0.25, 0.3) is 0 Å². The maximum Gasteiger partial charge on any atom is 0.277 e. The molecule has 2 unspecified atom stereocenters. The third-order valence-electron chi connectivity index (χ3n) is 4.02. The van der Waals surface area contributed by atoms with Crippen LogP contribution >= 0.6 is 0 Å². The molecule has 8 heteroatoms. The SMILES string of the molecule is CC(C(=O)N1CCN(S(N)(=O)=O)CC1)C(N)c1ccccc1. The Labute approximate surface area is 131 Å². The van der Waals surface area contributed by atoms with Crippen LogP contribution in [0.3, 0.4) is 0 Å². The van der Waals surface area contributed by atoms with Gasteiger partial charge in [-0.1, -0.05) is 37.3 Å².